The molecule has 0 unspecified atom stereocenters. The highest BCUT2D eigenvalue weighted by atomic mass is 32.1. The number of hydrogen-bond donors (Lipinski definition) is 2. The molecule has 4 aliphatic rings. The molecule has 2 N–H and O–H groups in total. The van der Waals surface area contributed by atoms with Crippen molar-refractivity contribution in [3.8, 4) is 11.3 Å². The zero-order valence-electron chi connectivity index (χ0n) is 40.1. The molecule has 0 spiro atoms. The van der Waals surface area contributed by atoms with E-state index in [2.05, 4.69) is 67.4 Å². The van der Waals surface area contributed by atoms with Gasteiger partial charge in [0.2, 0.25) is 17.7 Å². The summed E-state index contributed by atoms with van der Waals surface area (Å²) in [6.45, 7) is 20.7. The molecule has 67 heavy (non-hydrogen) atoms. The van der Waals surface area contributed by atoms with Crippen molar-refractivity contribution in [1.82, 2.24) is 35.1 Å². The predicted octanol–water partition coefficient (Wildman–Crippen LogP) is 6.30. The Morgan fingerprint density at radius 3 is 2.63 bits per heavy atom. The molecule has 3 aromatic rings. The summed E-state index contributed by atoms with van der Waals surface area (Å²) in [5, 5.41) is 8.23. The quantitative estimate of drug-likeness (QED) is 0.0971. The predicted molar refractivity (Wildman–Crippen MR) is 262 cm³/mol. The number of methoxy groups -OCH3 is 1. The van der Waals surface area contributed by atoms with E-state index in [1.54, 1.807) is 23.1 Å². The van der Waals surface area contributed by atoms with Crippen LogP contribution >= 0.6 is 11.3 Å². The van der Waals surface area contributed by atoms with Gasteiger partial charge >= 0.3 is 0 Å². The van der Waals surface area contributed by atoms with Crippen molar-refractivity contribution in [3.63, 3.8) is 0 Å². The molecule has 6 bridgehead atoms. The van der Waals surface area contributed by atoms with Crippen molar-refractivity contribution in [1.29, 1.82) is 0 Å². The third-order valence-corrected chi connectivity index (χ3v) is 14.7. The summed E-state index contributed by atoms with van der Waals surface area (Å²) in [5.41, 5.74) is 8.07. The number of nitrogens with one attached hydrogen (secondary N) is 2. The number of carbonyl (C=O) groups is 5. The highest BCUT2D eigenvalue weighted by Gasteiger charge is 2.43. The minimum Gasteiger partial charge on any atom is -0.378 e. The smallest absolute Gasteiger partial charge is 0.259 e. The number of fused-ring (bicyclic) bond motifs is 6. The van der Waals surface area contributed by atoms with Gasteiger partial charge in [-0.15, -0.1) is 11.3 Å². The number of thiazole rings is 1. The van der Waals surface area contributed by atoms with Gasteiger partial charge in [-0.05, 0) is 88.5 Å². The number of amides is 4. The van der Waals surface area contributed by atoms with Gasteiger partial charge in [0, 0.05) is 79.9 Å². The van der Waals surface area contributed by atoms with Gasteiger partial charge in [-0.3, -0.25) is 29.2 Å². The molecular formula is C51H68N8O7S. The number of hydrazine groups is 1. The molecule has 0 saturated carbocycles. The number of ether oxygens (including phenoxy) is 2. The summed E-state index contributed by atoms with van der Waals surface area (Å²) in [6.07, 6.45) is 10.4. The molecule has 3 saturated heterocycles. The lowest BCUT2D eigenvalue weighted by Gasteiger charge is -2.42. The second-order valence-corrected chi connectivity index (χ2v) is 20.1. The van der Waals surface area contributed by atoms with Crippen LogP contribution in [0.2, 0.25) is 0 Å². The number of rotatable bonds is 11. The van der Waals surface area contributed by atoms with E-state index in [9.17, 15) is 24.0 Å². The molecule has 0 radical (unpaired) electrons. The van der Waals surface area contributed by atoms with E-state index in [0.717, 1.165) is 70.2 Å². The Labute approximate surface area is 398 Å². The minimum absolute atomic E-state index is 0.0268. The maximum Gasteiger partial charge on any atom is 0.259 e. The number of allylic oxidation sites excluding steroid dienone is 2. The largest absolute Gasteiger partial charge is 0.378 e. The monoisotopic (exact) mass is 936 g/mol. The van der Waals surface area contributed by atoms with Crippen LogP contribution in [0.15, 0.2) is 59.6 Å². The Balaban J connectivity index is 1.29. The van der Waals surface area contributed by atoms with Crippen molar-refractivity contribution >= 4 is 63.9 Å². The first-order valence-corrected chi connectivity index (χ1v) is 24.7. The fraction of sp³-hybridized carbons (Fsp3) is 0.549. The van der Waals surface area contributed by atoms with Crippen LogP contribution in [0.25, 0.3) is 27.7 Å². The Morgan fingerprint density at radius 2 is 1.91 bits per heavy atom. The Hall–Kier alpha value is -5.29. The van der Waals surface area contributed by atoms with E-state index in [-0.39, 0.29) is 37.5 Å². The first-order valence-electron chi connectivity index (χ1n) is 23.8. The molecule has 6 heterocycles. The first-order chi connectivity index (χ1) is 32.2. The number of aromatic nitrogens is 2. The summed E-state index contributed by atoms with van der Waals surface area (Å²) in [6, 6.07) is 4.52. The van der Waals surface area contributed by atoms with Crippen LogP contribution in [0.3, 0.4) is 0 Å². The van der Waals surface area contributed by atoms with Gasteiger partial charge in [-0.2, -0.15) is 0 Å². The molecule has 4 amide bonds. The fourth-order valence-electron chi connectivity index (χ4n) is 10.3. The van der Waals surface area contributed by atoms with Gasteiger partial charge < -0.3 is 34.0 Å². The van der Waals surface area contributed by atoms with E-state index in [0.29, 0.717) is 69.9 Å². The normalized spacial score (nSPS) is 24.7. The molecule has 1 aromatic carbocycles. The molecule has 5 atom stereocenters. The molecule has 0 aliphatic carbocycles. The maximum absolute atomic E-state index is 14.8. The van der Waals surface area contributed by atoms with Crippen LogP contribution in [-0.4, -0.2) is 131 Å². The number of nitrogens with zero attached hydrogens (tertiary/aromatic N) is 6. The van der Waals surface area contributed by atoms with Crippen LogP contribution in [0, 0.1) is 11.3 Å². The summed E-state index contributed by atoms with van der Waals surface area (Å²) in [5.74, 6) is -1.62. The summed E-state index contributed by atoms with van der Waals surface area (Å²) in [4.78, 5) is 82.3. The molecule has 2 aromatic heterocycles. The van der Waals surface area contributed by atoms with Crippen molar-refractivity contribution < 1.29 is 33.4 Å². The first kappa shape index (κ1) is 49.6. The lowest BCUT2D eigenvalue weighted by atomic mass is 9.84. The van der Waals surface area contributed by atoms with E-state index >= 15 is 0 Å². The van der Waals surface area contributed by atoms with Crippen LogP contribution in [-0.2, 0) is 52.8 Å². The number of benzene rings is 1. The molecule has 16 heteroatoms. The highest BCUT2D eigenvalue weighted by Crippen LogP contribution is 2.40. The summed E-state index contributed by atoms with van der Waals surface area (Å²) < 4.78 is 14.7. The van der Waals surface area contributed by atoms with Crippen LogP contribution in [0.5, 0.6) is 0 Å². The van der Waals surface area contributed by atoms with Crippen LogP contribution in [0.4, 0.5) is 0 Å². The number of aliphatic imine (C=N–C) groups is 1. The Kier molecular flexibility index (Phi) is 15.8. The van der Waals surface area contributed by atoms with E-state index in [4.69, 9.17) is 19.5 Å². The highest BCUT2D eigenvalue weighted by molar-refractivity contribution is 7.10. The number of aryl methyl sites for hydroxylation is 1. The minimum atomic E-state index is -1.19. The van der Waals surface area contributed by atoms with Crippen molar-refractivity contribution in [2.75, 3.05) is 46.5 Å². The van der Waals surface area contributed by atoms with Crippen molar-refractivity contribution in [2.24, 2.45) is 16.3 Å². The van der Waals surface area contributed by atoms with E-state index < -0.39 is 40.8 Å². The average Bonchev–Trinajstić information content (AvgIpc) is 4.03. The second kappa shape index (κ2) is 21.3. The van der Waals surface area contributed by atoms with Gasteiger partial charge in [0.25, 0.3) is 5.91 Å². The zero-order chi connectivity index (χ0) is 48.0. The molecule has 7 rings (SSSR count). The molecule has 4 aliphatic heterocycles. The maximum atomic E-state index is 14.8. The molecule has 15 nitrogen and oxygen atoms in total. The number of likely N-dealkylation sites (tertiary alicyclic amines) is 2. The van der Waals surface area contributed by atoms with Gasteiger partial charge in [0.1, 0.15) is 23.9 Å². The Morgan fingerprint density at radius 1 is 1.10 bits per heavy atom. The van der Waals surface area contributed by atoms with Gasteiger partial charge in [-0.1, -0.05) is 52.0 Å². The van der Waals surface area contributed by atoms with Gasteiger partial charge in [0.05, 0.1) is 47.3 Å². The zero-order valence-corrected chi connectivity index (χ0v) is 40.9. The van der Waals surface area contributed by atoms with Crippen molar-refractivity contribution in [2.45, 2.75) is 123 Å². The second-order valence-electron chi connectivity index (χ2n) is 19.1. The SMILES string of the molecule is C=CC(=O)N1CC[C@H](C(=O)N2CCCCC[C@H]2C(=O)N[C@H]2Cc3nc(cs3)-c3ccc4c(c3)c(c(/C(C=C)=C(/N=CC)[C@H](C)OC)n4CC)CC(C)(C)COC[C@@]3(C=O)CCCN(N3)C2=O)C1. The third kappa shape index (κ3) is 10.6. The van der Waals surface area contributed by atoms with Gasteiger partial charge in [0.15, 0.2) is 0 Å². The fourth-order valence-corrected chi connectivity index (χ4v) is 11.1. The van der Waals surface area contributed by atoms with Crippen LogP contribution < -0.4 is 10.7 Å². The third-order valence-electron chi connectivity index (χ3n) is 13.8. The lowest BCUT2D eigenvalue weighted by Crippen LogP contribution is -2.66. The average molecular weight is 937 g/mol. The Bertz CT molecular complexity index is 2440. The molecule has 3 fully saturated rings. The topological polar surface area (TPSA) is 168 Å². The summed E-state index contributed by atoms with van der Waals surface area (Å²) in [7, 11) is 1.68. The standard InChI is InChI=1S/C51H68N8O7S/c1-9-36(45(52-11-3)33(5)65-8)46-38-27-50(6,7)31-66-32-51(30-60)21-16-23-59(55-51)49(64)39(26-43-53-40(29-67-43)34-18-19-41(37(38)25-34)57(46)12-4)54-47(62)42-17-14-13-15-22-58(42)48(63)35-20-24-56(28-35)44(61)10-2/h9-11,18-19,25,29-30,33,35,39,42,55H,1-2,12-17,20-24,26-28,31-32H2,3-8H3,(H,54,62)/b45-36+,52-11?/t33-,35-,39-,42-,51-/m0/s1. The number of hydrogen-bond acceptors (Lipinski definition) is 11. The lowest BCUT2D eigenvalue weighted by molar-refractivity contribution is -0.148. The van der Waals surface area contributed by atoms with Gasteiger partial charge in [-0.25, -0.2) is 10.4 Å². The van der Waals surface area contributed by atoms with E-state index in [1.807, 2.05) is 25.3 Å². The number of carbonyl (C=O) groups excluding carboxylic acids is 5. The van der Waals surface area contributed by atoms with Crippen LogP contribution in [0.1, 0.15) is 95.8 Å². The number of aldehydes is 1. The summed E-state index contributed by atoms with van der Waals surface area (Å²) >= 11 is 1.42. The van der Waals surface area contributed by atoms with Crippen molar-refractivity contribution in [3.05, 3.63) is 70.9 Å². The molecule has 360 valence electrons. The molecular weight excluding hydrogens is 869 g/mol. The van der Waals surface area contributed by atoms with E-state index in [1.165, 1.54) is 22.4 Å².